The van der Waals surface area contributed by atoms with Crippen LogP contribution in [0.15, 0.2) is 0 Å². The minimum absolute atomic E-state index is 0.0216. The molecule has 0 aromatic carbocycles. The topological polar surface area (TPSA) is 50.1 Å². The summed E-state index contributed by atoms with van der Waals surface area (Å²) in [5, 5.41) is 9.22. The summed E-state index contributed by atoms with van der Waals surface area (Å²) in [6.45, 7) is 2.16. The molecule has 1 spiro atoms. The van der Waals surface area contributed by atoms with Crippen molar-refractivity contribution in [2.45, 2.75) is 45.4 Å². The zero-order chi connectivity index (χ0) is 10.9. The molecule has 0 aromatic rings. The number of hydrogen-bond acceptors (Lipinski definition) is 3. The number of carbonyl (C=O) groups is 1. The van der Waals surface area contributed by atoms with Crippen molar-refractivity contribution in [1.82, 2.24) is 0 Å². The fourth-order valence-corrected chi connectivity index (χ4v) is 3.04. The Kier molecular flexibility index (Phi) is 2.46. The molecule has 0 bridgehead atoms. The van der Waals surface area contributed by atoms with Crippen molar-refractivity contribution in [3.63, 3.8) is 0 Å². The van der Waals surface area contributed by atoms with Crippen LogP contribution < -0.4 is 0 Å². The lowest BCUT2D eigenvalue weighted by Gasteiger charge is -2.24. The molecule has 3 nitrogen and oxygen atoms in total. The van der Waals surface area contributed by atoms with Gasteiger partial charge in [-0.15, -0.1) is 0 Å². The van der Waals surface area contributed by atoms with Crippen LogP contribution in [0.2, 0.25) is 0 Å². The van der Waals surface area contributed by atoms with E-state index in [-0.39, 0.29) is 11.4 Å². The average molecular weight is 207 g/mol. The van der Waals surface area contributed by atoms with E-state index in [0.29, 0.717) is 6.61 Å². The summed E-state index contributed by atoms with van der Waals surface area (Å²) in [5.41, 5.74) is -0.810. The molecule has 1 atom stereocenters. The Morgan fingerprint density at radius 2 is 2.07 bits per heavy atom. The smallest absolute Gasteiger partial charge is 0.327 e. The Hall–Kier alpha value is -1.04. The first-order valence-corrected chi connectivity index (χ1v) is 5.79. The second-order valence-corrected chi connectivity index (χ2v) is 4.76. The van der Waals surface area contributed by atoms with E-state index in [1.165, 1.54) is 6.42 Å². The second kappa shape index (κ2) is 3.52. The highest BCUT2D eigenvalue weighted by Gasteiger charge is 2.73. The summed E-state index contributed by atoms with van der Waals surface area (Å²) >= 11 is 0. The number of rotatable bonds is 2. The van der Waals surface area contributed by atoms with Crippen LogP contribution in [0.3, 0.4) is 0 Å². The highest BCUT2D eigenvalue weighted by atomic mass is 16.5. The summed E-state index contributed by atoms with van der Waals surface area (Å²) in [6.07, 6.45) is 6.34. The molecule has 0 saturated heterocycles. The van der Waals surface area contributed by atoms with Gasteiger partial charge in [0.2, 0.25) is 0 Å². The van der Waals surface area contributed by atoms with Crippen LogP contribution in [0, 0.1) is 22.2 Å². The van der Waals surface area contributed by atoms with E-state index >= 15 is 0 Å². The van der Waals surface area contributed by atoms with E-state index in [9.17, 15) is 10.1 Å². The number of esters is 1. The molecular weight excluding hydrogens is 190 g/mol. The lowest BCUT2D eigenvalue weighted by Crippen LogP contribution is -2.26. The van der Waals surface area contributed by atoms with Crippen LogP contribution in [-0.4, -0.2) is 12.6 Å². The van der Waals surface area contributed by atoms with Gasteiger partial charge in [0.25, 0.3) is 0 Å². The largest absolute Gasteiger partial charge is 0.465 e. The van der Waals surface area contributed by atoms with Crippen molar-refractivity contribution in [2.24, 2.45) is 10.8 Å². The molecule has 2 rings (SSSR count). The van der Waals surface area contributed by atoms with Crippen LogP contribution in [0.25, 0.3) is 0 Å². The molecule has 82 valence electrons. The molecular formula is C12H17NO2. The molecule has 3 heteroatoms. The maximum Gasteiger partial charge on any atom is 0.327 e. The van der Waals surface area contributed by atoms with E-state index in [2.05, 4.69) is 6.07 Å². The minimum Gasteiger partial charge on any atom is -0.465 e. The van der Waals surface area contributed by atoms with E-state index in [4.69, 9.17) is 4.74 Å². The first kappa shape index (κ1) is 10.5. The first-order chi connectivity index (χ1) is 7.21. The molecule has 2 aliphatic rings. The quantitative estimate of drug-likeness (QED) is 0.653. The standard InChI is InChI=1S/C12H17NO2/c1-2-15-10(14)12(9-13)8-11(12)6-4-3-5-7-11/h2-8H2,1H3. The van der Waals surface area contributed by atoms with E-state index in [1.54, 1.807) is 6.92 Å². The molecule has 0 aliphatic heterocycles. The van der Waals surface area contributed by atoms with Gasteiger partial charge in [0, 0.05) is 5.41 Å². The third-order valence-corrected chi connectivity index (χ3v) is 4.01. The van der Waals surface area contributed by atoms with E-state index < -0.39 is 5.41 Å². The number of carbonyl (C=O) groups excluding carboxylic acids is 1. The normalized spacial score (nSPS) is 32.0. The molecule has 0 amide bonds. The Bertz CT molecular complexity index is 312. The lowest BCUT2D eigenvalue weighted by molar-refractivity contribution is -0.149. The van der Waals surface area contributed by atoms with Crippen molar-refractivity contribution >= 4 is 5.97 Å². The molecule has 0 aromatic heterocycles. The molecule has 15 heavy (non-hydrogen) atoms. The molecule has 2 saturated carbocycles. The monoisotopic (exact) mass is 207 g/mol. The Labute approximate surface area is 90.4 Å². The molecule has 0 heterocycles. The van der Waals surface area contributed by atoms with Gasteiger partial charge in [-0.25, -0.2) is 0 Å². The number of nitrogens with zero attached hydrogens (tertiary/aromatic N) is 1. The zero-order valence-corrected chi connectivity index (χ0v) is 9.21. The van der Waals surface area contributed by atoms with Crippen LogP contribution in [-0.2, 0) is 9.53 Å². The molecule has 1 unspecified atom stereocenters. The van der Waals surface area contributed by atoms with Crippen LogP contribution in [0.4, 0.5) is 0 Å². The number of hydrogen-bond donors (Lipinski definition) is 0. The first-order valence-electron chi connectivity index (χ1n) is 5.79. The fourth-order valence-electron chi connectivity index (χ4n) is 3.04. The lowest BCUT2D eigenvalue weighted by atomic mass is 9.80. The summed E-state index contributed by atoms with van der Waals surface area (Å²) in [6, 6.07) is 2.22. The summed E-state index contributed by atoms with van der Waals surface area (Å²) < 4.78 is 5.03. The fraction of sp³-hybridized carbons (Fsp3) is 0.833. The summed E-state index contributed by atoms with van der Waals surface area (Å²) in [4.78, 5) is 11.8. The minimum atomic E-state index is -0.788. The zero-order valence-electron chi connectivity index (χ0n) is 9.21. The highest BCUT2D eigenvalue weighted by Crippen LogP contribution is 2.70. The highest BCUT2D eigenvalue weighted by molar-refractivity contribution is 5.85. The van der Waals surface area contributed by atoms with Crippen molar-refractivity contribution < 1.29 is 9.53 Å². The number of ether oxygens (including phenoxy) is 1. The van der Waals surface area contributed by atoms with Gasteiger partial charge in [0.05, 0.1) is 12.7 Å². The summed E-state index contributed by atoms with van der Waals surface area (Å²) in [5.74, 6) is -0.283. The predicted octanol–water partition coefficient (Wildman–Crippen LogP) is 2.41. The van der Waals surface area contributed by atoms with Crippen LogP contribution in [0.5, 0.6) is 0 Å². The Morgan fingerprint density at radius 3 is 2.60 bits per heavy atom. The van der Waals surface area contributed by atoms with Crippen LogP contribution in [0.1, 0.15) is 45.4 Å². The second-order valence-electron chi connectivity index (χ2n) is 4.76. The van der Waals surface area contributed by atoms with Gasteiger partial charge in [-0.3, -0.25) is 4.79 Å². The van der Waals surface area contributed by atoms with Gasteiger partial charge < -0.3 is 4.74 Å². The number of nitriles is 1. The van der Waals surface area contributed by atoms with Gasteiger partial charge >= 0.3 is 5.97 Å². The van der Waals surface area contributed by atoms with Gasteiger partial charge in [0.1, 0.15) is 0 Å². The average Bonchev–Trinajstić information content (AvgIpc) is 2.88. The third kappa shape index (κ3) is 1.35. The molecule has 2 aliphatic carbocycles. The Morgan fingerprint density at radius 1 is 1.40 bits per heavy atom. The van der Waals surface area contributed by atoms with E-state index in [0.717, 1.165) is 32.1 Å². The molecule has 2 fully saturated rings. The van der Waals surface area contributed by atoms with Crippen molar-refractivity contribution in [2.75, 3.05) is 6.61 Å². The van der Waals surface area contributed by atoms with E-state index in [1.807, 2.05) is 0 Å². The summed E-state index contributed by atoms with van der Waals surface area (Å²) in [7, 11) is 0. The maximum absolute atomic E-state index is 11.8. The SMILES string of the molecule is CCOC(=O)C1(C#N)CC12CCCCC2. The van der Waals surface area contributed by atoms with Gasteiger partial charge in [-0.1, -0.05) is 19.3 Å². The molecule has 0 radical (unpaired) electrons. The van der Waals surface area contributed by atoms with Crippen molar-refractivity contribution in [1.29, 1.82) is 5.26 Å². The third-order valence-electron chi connectivity index (χ3n) is 4.01. The van der Waals surface area contributed by atoms with Crippen LogP contribution >= 0.6 is 0 Å². The van der Waals surface area contributed by atoms with Crippen molar-refractivity contribution in [3.8, 4) is 6.07 Å². The van der Waals surface area contributed by atoms with Gasteiger partial charge in [0.15, 0.2) is 5.41 Å². The van der Waals surface area contributed by atoms with Gasteiger partial charge in [-0.05, 0) is 26.2 Å². The maximum atomic E-state index is 11.8. The predicted molar refractivity (Wildman–Crippen MR) is 54.8 cm³/mol. The molecule has 0 N–H and O–H groups in total. The van der Waals surface area contributed by atoms with Gasteiger partial charge in [-0.2, -0.15) is 5.26 Å². The Balaban J connectivity index is 2.13. The van der Waals surface area contributed by atoms with Crippen molar-refractivity contribution in [3.05, 3.63) is 0 Å².